The Morgan fingerprint density at radius 1 is 0.903 bits per heavy atom. The Balaban J connectivity index is 1.66. The van der Waals surface area contributed by atoms with E-state index < -0.39 is 0 Å². The summed E-state index contributed by atoms with van der Waals surface area (Å²) in [7, 11) is 0. The highest BCUT2D eigenvalue weighted by Gasteiger charge is 2.28. The normalized spacial score (nSPS) is 14.2. The van der Waals surface area contributed by atoms with Gasteiger partial charge in [0.2, 0.25) is 0 Å². The molecule has 0 N–H and O–H groups in total. The van der Waals surface area contributed by atoms with Crippen LogP contribution in [0.25, 0.3) is 11.0 Å². The number of hydrogen-bond donors (Lipinski definition) is 0. The molecule has 0 fully saturated rings. The molecule has 1 aliphatic rings. The van der Waals surface area contributed by atoms with Crippen molar-refractivity contribution in [3.05, 3.63) is 89.7 Å². The molecule has 0 saturated heterocycles. The van der Waals surface area contributed by atoms with Crippen LogP contribution in [0.2, 0.25) is 0 Å². The number of para-hydroxylation sites is 2. The second-order valence-corrected chi connectivity index (χ2v) is 7.65. The first-order valence-corrected chi connectivity index (χ1v) is 10.8. The zero-order chi connectivity index (χ0) is 21.4. The van der Waals surface area contributed by atoms with E-state index in [0.717, 1.165) is 58.2 Å². The summed E-state index contributed by atoms with van der Waals surface area (Å²) in [6.07, 6.45) is 0. The van der Waals surface area contributed by atoms with Crippen molar-refractivity contribution in [1.29, 1.82) is 0 Å². The highest BCUT2D eigenvalue weighted by atomic mass is 15.4. The van der Waals surface area contributed by atoms with Gasteiger partial charge in [-0.2, -0.15) is 5.10 Å². The largest absolute Gasteiger partial charge is 0.372 e. The van der Waals surface area contributed by atoms with Crippen molar-refractivity contribution in [1.82, 2.24) is 9.66 Å². The molecular formula is C26H25N5. The number of rotatable bonds is 5. The van der Waals surface area contributed by atoms with E-state index >= 15 is 0 Å². The Morgan fingerprint density at radius 3 is 2.39 bits per heavy atom. The van der Waals surface area contributed by atoms with Crippen LogP contribution in [0.3, 0.4) is 0 Å². The molecule has 0 radical (unpaired) electrons. The number of aryl methyl sites for hydroxylation is 1. The van der Waals surface area contributed by atoms with Crippen molar-refractivity contribution in [3.8, 4) is 0 Å². The zero-order valence-electron chi connectivity index (χ0n) is 18.1. The van der Waals surface area contributed by atoms with Gasteiger partial charge in [-0.25, -0.2) is 14.7 Å². The smallest absolute Gasteiger partial charge is 0.183 e. The Kier molecular flexibility index (Phi) is 4.86. The molecule has 0 amide bonds. The van der Waals surface area contributed by atoms with E-state index in [1.807, 2.05) is 47.1 Å². The third-order valence-electron chi connectivity index (χ3n) is 5.76. The fraction of sp³-hybridized carbons (Fsp3) is 0.192. The Morgan fingerprint density at radius 2 is 1.65 bits per heavy atom. The van der Waals surface area contributed by atoms with E-state index in [9.17, 15) is 0 Å². The Bertz CT molecular complexity index is 1310. The van der Waals surface area contributed by atoms with Crippen molar-refractivity contribution in [2.45, 2.75) is 20.8 Å². The molecule has 2 heterocycles. The van der Waals surface area contributed by atoms with E-state index in [1.54, 1.807) is 0 Å². The summed E-state index contributed by atoms with van der Waals surface area (Å²) < 4.78 is 1.91. The van der Waals surface area contributed by atoms with Gasteiger partial charge in [-0.15, -0.1) is 0 Å². The molecule has 5 rings (SSSR count). The minimum Gasteiger partial charge on any atom is -0.372 e. The molecule has 0 bridgehead atoms. The SMILES string of the molecule is CCN(CC)c1ccc(N=C2C(c3ccccc3)=Nn3c2nc2ccccc23)c(C)c1. The average molecular weight is 408 g/mol. The molecule has 4 aromatic rings. The summed E-state index contributed by atoms with van der Waals surface area (Å²) in [5, 5.41) is 4.92. The van der Waals surface area contributed by atoms with Gasteiger partial charge in [0.25, 0.3) is 0 Å². The van der Waals surface area contributed by atoms with E-state index in [0.29, 0.717) is 0 Å². The predicted molar refractivity (Wildman–Crippen MR) is 129 cm³/mol. The van der Waals surface area contributed by atoms with Crippen LogP contribution in [0, 0.1) is 6.92 Å². The van der Waals surface area contributed by atoms with Crippen molar-refractivity contribution >= 4 is 33.8 Å². The first-order chi connectivity index (χ1) is 15.2. The lowest BCUT2D eigenvalue weighted by molar-refractivity contribution is 0.865. The van der Waals surface area contributed by atoms with Crippen molar-refractivity contribution in [3.63, 3.8) is 0 Å². The highest BCUT2D eigenvalue weighted by molar-refractivity contribution is 6.54. The predicted octanol–water partition coefficient (Wildman–Crippen LogP) is 5.58. The number of anilines is 1. The van der Waals surface area contributed by atoms with E-state index in [1.165, 1.54) is 5.69 Å². The molecule has 1 aromatic heterocycles. The monoisotopic (exact) mass is 407 g/mol. The third kappa shape index (κ3) is 3.32. The van der Waals surface area contributed by atoms with Crippen LogP contribution in [0.4, 0.5) is 11.4 Å². The summed E-state index contributed by atoms with van der Waals surface area (Å²) in [6, 6.07) is 24.7. The van der Waals surface area contributed by atoms with Gasteiger partial charge in [-0.3, -0.25) is 0 Å². The summed E-state index contributed by atoms with van der Waals surface area (Å²) in [6.45, 7) is 8.44. The number of aromatic nitrogens is 2. The molecule has 0 aliphatic carbocycles. The van der Waals surface area contributed by atoms with Crippen LogP contribution in [0.15, 0.2) is 82.9 Å². The Hall–Kier alpha value is -3.73. The number of hydrogen-bond acceptors (Lipinski definition) is 4. The number of fused-ring (bicyclic) bond motifs is 3. The minimum absolute atomic E-state index is 0.785. The van der Waals surface area contributed by atoms with Crippen LogP contribution in [-0.2, 0) is 0 Å². The molecule has 1 aliphatic heterocycles. The topological polar surface area (TPSA) is 45.8 Å². The fourth-order valence-corrected chi connectivity index (χ4v) is 4.09. The van der Waals surface area contributed by atoms with Crippen molar-refractivity contribution in [2.24, 2.45) is 10.1 Å². The summed E-state index contributed by atoms with van der Waals surface area (Å²) >= 11 is 0. The number of aliphatic imine (C=N–C) groups is 1. The van der Waals surface area contributed by atoms with Gasteiger partial charge in [0.15, 0.2) is 5.82 Å². The molecule has 3 aromatic carbocycles. The zero-order valence-corrected chi connectivity index (χ0v) is 18.1. The van der Waals surface area contributed by atoms with Crippen LogP contribution >= 0.6 is 0 Å². The molecule has 154 valence electrons. The summed E-state index contributed by atoms with van der Waals surface area (Å²) in [4.78, 5) is 12.3. The summed E-state index contributed by atoms with van der Waals surface area (Å²) in [5.41, 5.74) is 7.91. The first kappa shape index (κ1) is 19.2. The van der Waals surface area contributed by atoms with Crippen molar-refractivity contribution in [2.75, 3.05) is 18.0 Å². The van der Waals surface area contributed by atoms with Crippen molar-refractivity contribution < 1.29 is 0 Å². The molecule has 0 spiro atoms. The lowest BCUT2D eigenvalue weighted by Crippen LogP contribution is -2.21. The second-order valence-electron chi connectivity index (χ2n) is 7.65. The van der Waals surface area contributed by atoms with Gasteiger partial charge < -0.3 is 4.90 Å². The molecule has 31 heavy (non-hydrogen) atoms. The minimum atomic E-state index is 0.785. The van der Waals surface area contributed by atoms with Gasteiger partial charge in [-0.05, 0) is 56.7 Å². The number of nitrogens with zero attached hydrogens (tertiary/aromatic N) is 5. The highest BCUT2D eigenvalue weighted by Crippen LogP contribution is 2.29. The fourth-order valence-electron chi connectivity index (χ4n) is 4.09. The molecule has 0 atom stereocenters. The lowest BCUT2D eigenvalue weighted by atomic mass is 10.1. The van der Waals surface area contributed by atoms with Crippen LogP contribution in [0.5, 0.6) is 0 Å². The van der Waals surface area contributed by atoms with E-state index in [-0.39, 0.29) is 0 Å². The van der Waals surface area contributed by atoms with Gasteiger partial charge >= 0.3 is 0 Å². The molecule has 0 unspecified atom stereocenters. The third-order valence-corrected chi connectivity index (χ3v) is 5.76. The summed E-state index contributed by atoms with van der Waals surface area (Å²) in [5.74, 6) is 0.785. The average Bonchev–Trinajstić information content (AvgIpc) is 3.33. The van der Waals surface area contributed by atoms with Gasteiger partial charge in [0, 0.05) is 24.3 Å². The molecular weight excluding hydrogens is 382 g/mol. The molecule has 5 heteroatoms. The van der Waals surface area contributed by atoms with E-state index in [2.05, 4.69) is 56.0 Å². The van der Waals surface area contributed by atoms with Crippen LogP contribution < -0.4 is 4.90 Å². The maximum absolute atomic E-state index is 5.09. The molecule has 0 saturated carbocycles. The maximum Gasteiger partial charge on any atom is 0.183 e. The quantitative estimate of drug-likeness (QED) is 0.434. The molecule has 5 nitrogen and oxygen atoms in total. The second kappa shape index (κ2) is 7.84. The van der Waals surface area contributed by atoms with Gasteiger partial charge in [0.1, 0.15) is 11.4 Å². The van der Waals surface area contributed by atoms with Crippen LogP contribution in [0.1, 0.15) is 30.8 Å². The first-order valence-electron chi connectivity index (χ1n) is 10.8. The number of imidazole rings is 1. The van der Waals surface area contributed by atoms with Gasteiger partial charge in [0.05, 0.1) is 16.7 Å². The Labute approximate surface area is 182 Å². The lowest BCUT2D eigenvalue weighted by Gasteiger charge is -2.21. The maximum atomic E-state index is 5.09. The standard InChI is InChI=1S/C26H25N5/c1-4-30(5-2)20-15-16-21(18(3)17-20)27-25-24(19-11-7-6-8-12-19)29-31-23-14-10-9-13-22(23)28-26(25)31/h6-17H,4-5H2,1-3H3. The van der Waals surface area contributed by atoms with Gasteiger partial charge in [-0.1, -0.05) is 42.5 Å². The van der Waals surface area contributed by atoms with E-state index in [4.69, 9.17) is 15.1 Å². The van der Waals surface area contributed by atoms with Crippen LogP contribution in [-0.4, -0.2) is 34.2 Å². The number of benzene rings is 3.